The number of carbonyl (C=O) groups is 3. The molecule has 6 heteroatoms. The molecule has 6 nitrogen and oxygen atoms in total. The fourth-order valence-electron chi connectivity index (χ4n) is 2.38. The maximum absolute atomic E-state index is 12.0. The molecule has 1 aromatic rings. The van der Waals surface area contributed by atoms with Gasteiger partial charge in [0.1, 0.15) is 0 Å². The number of rotatable bonds is 4. The minimum absolute atomic E-state index is 0.0792. The monoisotopic (exact) mass is 276 g/mol. The first-order valence-corrected chi connectivity index (χ1v) is 6.40. The first kappa shape index (κ1) is 14.0. The highest BCUT2D eigenvalue weighted by atomic mass is 16.4. The Kier molecular flexibility index (Phi) is 3.74. The average molecular weight is 276 g/mol. The highest BCUT2D eigenvalue weighted by Crippen LogP contribution is 2.29. The molecule has 1 atom stereocenters. The molecule has 1 saturated heterocycles. The van der Waals surface area contributed by atoms with Crippen LogP contribution in [0.25, 0.3) is 0 Å². The molecule has 0 aromatic heterocycles. The van der Waals surface area contributed by atoms with Crippen LogP contribution in [-0.2, 0) is 16.0 Å². The van der Waals surface area contributed by atoms with Crippen LogP contribution in [0.4, 0.5) is 5.69 Å². The summed E-state index contributed by atoms with van der Waals surface area (Å²) in [6, 6.07) is 4.68. The second-order valence-corrected chi connectivity index (χ2v) is 4.81. The number of carboxylic acid groups (broad SMARTS) is 1. The molecular formula is C14H16N2O4. The zero-order chi connectivity index (χ0) is 14.9. The van der Waals surface area contributed by atoms with Crippen molar-refractivity contribution in [1.29, 1.82) is 0 Å². The van der Waals surface area contributed by atoms with Crippen LogP contribution in [0.3, 0.4) is 0 Å². The zero-order valence-electron chi connectivity index (χ0n) is 11.1. The number of amides is 2. The maximum atomic E-state index is 12.0. The molecular weight excluding hydrogens is 260 g/mol. The summed E-state index contributed by atoms with van der Waals surface area (Å²) in [5.41, 5.74) is 6.78. The van der Waals surface area contributed by atoms with Crippen molar-refractivity contribution >= 4 is 23.5 Å². The number of benzene rings is 1. The van der Waals surface area contributed by atoms with Crippen LogP contribution < -0.4 is 10.6 Å². The van der Waals surface area contributed by atoms with Crippen LogP contribution in [-0.4, -0.2) is 29.4 Å². The van der Waals surface area contributed by atoms with Gasteiger partial charge in [-0.2, -0.15) is 0 Å². The van der Waals surface area contributed by atoms with Gasteiger partial charge in [-0.1, -0.05) is 13.0 Å². The molecule has 1 aliphatic rings. The van der Waals surface area contributed by atoms with Crippen molar-refractivity contribution in [3.8, 4) is 0 Å². The Balaban J connectivity index is 2.40. The third-order valence-electron chi connectivity index (χ3n) is 3.53. The van der Waals surface area contributed by atoms with E-state index in [4.69, 9.17) is 10.8 Å². The van der Waals surface area contributed by atoms with E-state index in [9.17, 15) is 14.4 Å². The average Bonchev–Trinajstić information content (AvgIpc) is 2.80. The minimum atomic E-state index is -1.05. The predicted octanol–water partition coefficient (Wildman–Crippen LogP) is 0.785. The Hall–Kier alpha value is -2.37. The summed E-state index contributed by atoms with van der Waals surface area (Å²) in [6.07, 6.45) is 0.746. The fourth-order valence-corrected chi connectivity index (χ4v) is 2.38. The molecule has 2 amide bonds. The number of nitrogens with zero attached hydrogens (tertiary/aromatic N) is 1. The van der Waals surface area contributed by atoms with E-state index in [-0.39, 0.29) is 24.4 Å². The molecule has 0 spiro atoms. The van der Waals surface area contributed by atoms with Crippen LogP contribution in [0.15, 0.2) is 18.2 Å². The first-order valence-electron chi connectivity index (χ1n) is 6.40. The van der Waals surface area contributed by atoms with E-state index in [2.05, 4.69) is 0 Å². The molecule has 2 rings (SSSR count). The molecule has 20 heavy (non-hydrogen) atoms. The van der Waals surface area contributed by atoms with Crippen molar-refractivity contribution < 1.29 is 19.5 Å². The minimum Gasteiger partial charge on any atom is -0.478 e. The van der Waals surface area contributed by atoms with Gasteiger partial charge in [0.05, 0.1) is 11.5 Å². The van der Waals surface area contributed by atoms with E-state index in [1.54, 1.807) is 6.07 Å². The second kappa shape index (κ2) is 5.32. The number of aromatic carboxylic acids is 1. The summed E-state index contributed by atoms with van der Waals surface area (Å²) in [4.78, 5) is 35.7. The molecule has 1 unspecified atom stereocenters. The Morgan fingerprint density at radius 1 is 1.45 bits per heavy atom. The quantitative estimate of drug-likeness (QED) is 0.848. The number of hydrogen-bond acceptors (Lipinski definition) is 3. The Labute approximate surface area is 116 Å². The van der Waals surface area contributed by atoms with Crippen molar-refractivity contribution in [2.45, 2.75) is 19.8 Å². The molecule has 1 aliphatic heterocycles. The smallest absolute Gasteiger partial charge is 0.335 e. The molecule has 0 saturated carbocycles. The molecule has 1 fully saturated rings. The number of carbonyl (C=O) groups excluding carboxylic acids is 2. The van der Waals surface area contributed by atoms with Gasteiger partial charge in [-0.05, 0) is 24.1 Å². The van der Waals surface area contributed by atoms with Gasteiger partial charge in [-0.25, -0.2) is 4.79 Å². The van der Waals surface area contributed by atoms with E-state index in [0.717, 1.165) is 5.56 Å². The molecule has 3 N–H and O–H groups in total. The summed E-state index contributed by atoms with van der Waals surface area (Å²) in [6.45, 7) is 2.13. The summed E-state index contributed by atoms with van der Waals surface area (Å²) < 4.78 is 0. The SMILES string of the molecule is CCc1ccc(C(=O)O)cc1N1CC(C(N)=O)CC1=O. The summed E-state index contributed by atoms with van der Waals surface area (Å²) in [7, 11) is 0. The Morgan fingerprint density at radius 2 is 2.15 bits per heavy atom. The highest BCUT2D eigenvalue weighted by Gasteiger charge is 2.34. The lowest BCUT2D eigenvalue weighted by Gasteiger charge is -2.20. The number of anilines is 1. The number of primary amides is 1. The first-order chi connectivity index (χ1) is 9.43. The van der Waals surface area contributed by atoms with Gasteiger partial charge in [0.2, 0.25) is 11.8 Å². The number of nitrogens with two attached hydrogens (primary N) is 1. The van der Waals surface area contributed by atoms with Gasteiger partial charge < -0.3 is 15.7 Å². The second-order valence-electron chi connectivity index (χ2n) is 4.81. The lowest BCUT2D eigenvalue weighted by molar-refractivity contribution is -0.123. The van der Waals surface area contributed by atoms with Crippen molar-refractivity contribution in [2.75, 3.05) is 11.4 Å². The van der Waals surface area contributed by atoms with Gasteiger partial charge in [0.25, 0.3) is 0 Å². The number of aryl methyl sites for hydroxylation is 1. The van der Waals surface area contributed by atoms with Crippen molar-refractivity contribution in [1.82, 2.24) is 0 Å². The summed E-state index contributed by atoms with van der Waals surface area (Å²) >= 11 is 0. The number of hydrogen-bond donors (Lipinski definition) is 2. The summed E-state index contributed by atoms with van der Waals surface area (Å²) in [5, 5.41) is 9.04. The lowest BCUT2D eigenvalue weighted by atomic mass is 10.1. The lowest BCUT2D eigenvalue weighted by Crippen LogP contribution is -2.29. The molecule has 0 bridgehead atoms. The normalized spacial score (nSPS) is 18.4. The largest absolute Gasteiger partial charge is 0.478 e. The predicted molar refractivity (Wildman–Crippen MR) is 72.4 cm³/mol. The maximum Gasteiger partial charge on any atom is 0.335 e. The molecule has 0 radical (unpaired) electrons. The third-order valence-corrected chi connectivity index (χ3v) is 3.53. The number of carboxylic acids is 1. The van der Waals surface area contributed by atoms with E-state index in [0.29, 0.717) is 12.1 Å². The van der Waals surface area contributed by atoms with Crippen LogP contribution in [0.5, 0.6) is 0 Å². The van der Waals surface area contributed by atoms with Gasteiger partial charge in [-0.3, -0.25) is 9.59 Å². The van der Waals surface area contributed by atoms with Gasteiger partial charge in [0.15, 0.2) is 0 Å². The van der Waals surface area contributed by atoms with E-state index < -0.39 is 17.8 Å². The molecule has 106 valence electrons. The Morgan fingerprint density at radius 3 is 2.65 bits per heavy atom. The Bertz CT molecular complexity index is 583. The molecule has 1 heterocycles. The van der Waals surface area contributed by atoms with Crippen LogP contribution in [0, 0.1) is 5.92 Å². The molecule has 1 aromatic carbocycles. The van der Waals surface area contributed by atoms with Crippen molar-refractivity contribution in [2.24, 2.45) is 11.7 Å². The highest BCUT2D eigenvalue weighted by molar-refractivity contribution is 6.01. The van der Waals surface area contributed by atoms with E-state index in [1.807, 2.05) is 6.92 Å². The van der Waals surface area contributed by atoms with Crippen molar-refractivity contribution in [3.63, 3.8) is 0 Å². The zero-order valence-corrected chi connectivity index (χ0v) is 11.1. The molecule has 0 aliphatic carbocycles. The van der Waals surface area contributed by atoms with Gasteiger partial charge >= 0.3 is 5.97 Å². The third kappa shape index (κ3) is 2.49. The van der Waals surface area contributed by atoms with Crippen LogP contribution in [0.1, 0.15) is 29.3 Å². The topological polar surface area (TPSA) is 101 Å². The van der Waals surface area contributed by atoms with Crippen molar-refractivity contribution in [3.05, 3.63) is 29.3 Å². The summed E-state index contributed by atoms with van der Waals surface area (Å²) in [5.74, 6) is -2.27. The standard InChI is InChI=1S/C14H16N2O4/c1-2-8-3-4-9(14(19)20)5-11(8)16-7-10(13(15)18)6-12(16)17/h3-5,10H,2,6-7H2,1H3,(H2,15,18)(H,19,20). The van der Waals surface area contributed by atoms with Gasteiger partial charge in [0, 0.05) is 18.7 Å². The van der Waals surface area contributed by atoms with E-state index in [1.165, 1.54) is 17.0 Å². The van der Waals surface area contributed by atoms with Crippen LogP contribution in [0.2, 0.25) is 0 Å². The van der Waals surface area contributed by atoms with E-state index >= 15 is 0 Å². The van der Waals surface area contributed by atoms with Gasteiger partial charge in [-0.15, -0.1) is 0 Å². The fraction of sp³-hybridized carbons (Fsp3) is 0.357. The van der Waals surface area contributed by atoms with Crippen LogP contribution >= 0.6 is 0 Å².